The lowest BCUT2D eigenvalue weighted by atomic mass is 10.1. The highest BCUT2D eigenvalue weighted by Crippen LogP contribution is 2.12. The Labute approximate surface area is 308 Å². The van der Waals surface area contributed by atoms with Gasteiger partial charge in [0.1, 0.15) is 6.61 Å². The van der Waals surface area contributed by atoms with Crippen LogP contribution < -0.4 is 0 Å². The molecule has 0 aliphatic heterocycles. The minimum absolute atomic E-state index is 0.0891. The number of allylic oxidation sites excluding steroid dienone is 12. The lowest BCUT2D eigenvalue weighted by Gasteiger charge is -2.15. The minimum Gasteiger partial charge on any atom is -0.462 e. The van der Waals surface area contributed by atoms with Crippen molar-refractivity contribution in [2.45, 2.75) is 187 Å². The molecule has 0 spiro atoms. The molecule has 0 radical (unpaired) electrons. The monoisotopic (exact) mass is 697 g/mol. The first kappa shape index (κ1) is 47.3. The first-order valence-electron chi connectivity index (χ1n) is 20.5. The van der Waals surface area contributed by atoms with Crippen LogP contribution in [-0.2, 0) is 19.1 Å². The largest absolute Gasteiger partial charge is 0.462 e. The third-order valence-corrected chi connectivity index (χ3v) is 8.47. The third kappa shape index (κ3) is 38.1. The Bertz CT molecular complexity index is 926. The van der Waals surface area contributed by atoms with Crippen LogP contribution in [0.4, 0.5) is 0 Å². The molecule has 0 fully saturated rings. The molecule has 50 heavy (non-hydrogen) atoms. The quantitative estimate of drug-likeness (QED) is 0.0401. The summed E-state index contributed by atoms with van der Waals surface area (Å²) in [5.41, 5.74) is 0. The molecule has 0 amide bonds. The van der Waals surface area contributed by atoms with E-state index in [1.807, 2.05) is 0 Å². The smallest absolute Gasteiger partial charge is 0.306 e. The molecular formula is C45H76O5. The fourth-order valence-electron chi connectivity index (χ4n) is 5.33. The van der Waals surface area contributed by atoms with Crippen molar-refractivity contribution in [1.29, 1.82) is 0 Å². The first-order valence-corrected chi connectivity index (χ1v) is 20.5. The number of hydrogen-bond acceptors (Lipinski definition) is 5. The molecule has 1 N–H and O–H groups in total. The van der Waals surface area contributed by atoms with Crippen LogP contribution in [0.1, 0.15) is 181 Å². The van der Waals surface area contributed by atoms with Gasteiger partial charge in [-0.15, -0.1) is 0 Å². The van der Waals surface area contributed by atoms with Crippen molar-refractivity contribution in [1.82, 2.24) is 0 Å². The number of unbranched alkanes of at least 4 members (excludes halogenated alkanes) is 16. The maximum atomic E-state index is 12.2. The molecule has 0 aromatic rings. The molecule has 0 saturated carbocycles. The molecule has 0 aliphatic rings. The fourth-order valence-corrected chi connectivity index (χ4v) is 5.33. The average Bonchev–Trinajstić information content (AvgIpc) is 3.12. The van der Waals surface area contributed by atoms with E-state index in [9.17, 15) is 14.7 Å². The maximum absolute atomic E-state index is 12.2. The Morgan fingerprint density at radius 2 is 0.800 bits per heavy atom. The first-order chi connectivity index (χ1) is 24.6. The summed E-state index contributed by atoms with van der Waals surface area (Å²) in [5, 5.41) is 9.56. The van der Waals surface area contributed by atoms with Gasteiger partial charge in [0.25, 0.3) is 0 Å². The molecule has 0 rings (SSSR count). The summed E-state index contributed by atoms with van der Waals surface area (Å²) in [6, 6.07) is 0. The highest BCUT2D eigenvalue weighted by Gasteiger charge is 2.16. The normalized spacial score (nSPS) is 12.9. The number of esters is 2. The van der Waals surface area contributed by atoms with E-state index in [1.165, 1.54) is 77.0 Å². The number of rotatable bonds is 36. The van der Waals surface area contributed by atoms with Crippen LogP contribution in [0, 0.1) is 0 Å². The van der Waals surface area contributed by atoms with Gasteiger partial charge in [-0.05, 0) is 89.9 Å². The van der Waals surface area contributed by atoms with Crippen LogP contribution in [0.2, 0.25) is 0 Å². The number of carbonyl (C=O) groups is 2. The van der Waals surface area contributed by atoms with E-state index in [4.69, 9.17) is 9.47 Å². The molecule has 1 atom stereocenters. The number of carbonyl (C=O) groups excluding carboxylic acids is 2. The van der Waals surface area contributed by atoms with Gasteiger partial charge in [0, 0.05) is 12.8 Å². The summed E-state index contributed by atoms with van der Waals surface area (Å²) in [6.45, 7) is 4.04. The predicted molar refractivity (Wildman–Crippen MR) is 214 cm³/mol. The average molecular weight is 697 g/mol. The molecule has 0 unspecified atom stereocenters. The number of aliphatic hydroxyl groups excluding tert-OH is 1. The second-order valence-corrected chi connectivity index (χ2v) is 13.4. The third-order valence-electron chi connectivity index (χ3n) is 8.47. The van der Waals surface area contributed by atoms with Gasteiger partial charge in [-0.3, -0.25) is 9.59 Å². The number of aliphatic hydroxyl groups is 1. The Morgan fingerprint density at radius 1 is 0.460 bits per heavy atom. The second-order valence-electron chi connectivity index (χ2n) is 13.4. The van der Waals surface area contributed by atoms with Gasteiger partial charge >= 0.3 is 11.9 Å². The van der Waals surface area contributed by atoms with Gasteiger partial charge in [-0.25, -0.2) is 0 Å². The van der Waals surface area contributed by atoms with E-state index in [-0.39, 0.29) is 25.2 Å². The molecule has 0 saturated heterocycles. The van der Waals surface area contributed by atoms with Crippen LogP contribution in [-0.4, -0.2) is 36.4 Å². The number of ether oxygens (including phenoxy) is 2. The van der Waals surface area contributed by atoms with Crippen molar-refractivity contribution in [2.75, 3.05) is 13.2 Å². The fraction of sp³-hybridized carbons (Fsp3) is 0.689. The molecule has 0 aromatic heterocycles. The van der Waals surface area contributed by atoms with Gasteiger partial charge < -0.3 is 14.6 Å². The molecule has 0 aliphatic carbocycles. The summed E-state index contributed by atoms with van der Waals surface area (Å²) in [7, 11) is 0. The molecule has 286 valence electrons. The summed E-state index contributed by atoms with van der Waals surface area (Å²) in [5.74, 6) is -0.641. The minimum atomic E-state index is -0.792. The van der Waals surface area contributed by atoms with Gasteiger partial charge in [0.15, 0.2) is 6.10 Å². The van der Waals surface area contributed by atoms with E-state index in [2.05, 4.69) is 86.8 Å². The topological polar surface area (TPSA) is 72.8 Å². The van der Waals surface area contributed by atoms with Gasteiger partial charge in [0.2, 0.25) is 0 Å². The van der Waals surface area contributed by atoms with Crippen LogP contribution in [0.5, 0.6) is 0 Å². The lowest BCUT2D eigenvalue weighted by molar-refractivity contribution is -0.161. The van der Waals surface area contributed by atoms with E-state index in [0.29, 0.717) is 12.8 Å². The van der Waals surface area contributed by atoms with Crippen molar-refractivity contribution in [3.63, 3.8) is 0 Å². The summed E-state index contributed by atoms with van der Waals surface area (Å²) in [6.07, 6.45) is 53.8. The molecule has 0 heterocycles. The molecule has 0 aromatic carbocycles. The van der Waals surface area contributed by atoms with Gasteiger partial charge in [-0.1, -0.05) is 151 Å². The highest BCUT2D eigenvalue weighted by molar-refractivity contribution is 5.70. The number of hydrogen-bond donors (Lipinski definition) is 1. The zero-order valence-corrected chi connectivity index (χ0v) is 32.4. The van der Waals surface area contributed by atoms with Crippen LogP contribution >= 0.6 is 0 Å². The summed E-state index contributed by atoms with van der Waals surface area (Å²) >= 11 is 0. The van der Waals surface area contributed by atoms with Gasteiger partial charge in [-0.2, -0.15) is 0 Å². The highest BCUT2D eigenvalue weighted by atomic mass is 16.6. The second kappa shape index (κ2) is 40.8. The molecule has 5 nitrogen and oxygen atoms in total. The Morgan fingerprint density at radius 3 is 1.22 bits per heavy atom. The van der Waals surface area contributed by atoms with E-state index >= 15 is 0 Å². The van der Waals surface area contributed by atoms with Crippen molar-refractivity contribution in [3.05, 3.63) is 72.9 Å². The van der Waals surface area contributed by atoms with Crippen molar-refractivity contribution < 1.29 is 24.2 Å². The zero-order chi connectivity index (χ0) is 36.4. The predicted octanol–water partition coefficient (Wildman–Crippen LogP) is 13.0. The Kier molecular flexibility index (Phi) is 38.6. The summed E-state index contributed by atoms with van der Waals surface area (Å²) in [4.78, 5) is 24.3. The van der Waals surface area contributed by atoms with Crippen molar-refractivity contribution in [3.8, 4) is 0 Å². The van der Waals surface area contributed by atoms with E-state index in [0.717, 1.165) is 77.0 Å². The van der Waals surface area contributed by atoms with Crippen molar-refractivity contribution in [2.24, 2.45) is 0 Å². The standard InChI is InChI=1S/C45H76O5/c1-3-5-7-9-11-13-15-17-19-21-22-24-25-27-29-31-33-35-37-39-44(47)49-42-43(41-46)50-45(48)40-38-36-34-32-30-28-26-23-20-18-16-14-12-10-8-6-4-2/h11-14,17-20,22,24,27,29,43,46H,3-10,15-16,21,23,25-26,28,30-42H2,1-2H3/t43-/m0/s1. The Hall–Kier alpha value is -2.66. The van der Waals surface area contributed by atoms with E-state index in [1.54, 1.807) is 0 Å². The lowest BCUT2D eigenvalue weighted by Crippen LogP contribution is -2.28. The Balaban J connectivity index is 3.66. The SMILES string of the molecule is CCCCCC=CCC=CCC=CCC=CCCCCCC(=O)OC[C@H](CO)OC(=O)CCCCCCCCCC=CCC=CCCCCC. The van der Waals surface area contributed by atoms with Crippen LogP contribution in [0.15, 0.2) is 72.9 Å². The van der Waals surface area contributed by atoms with Crippen LogP contribution in [0.25, 0.3) is 0 Å². The maximum Gasteiger partial charge on any atom is 0.306 e. The zero-order valence-electron chi connectivity index (χ0n) is 32.4. The van der Waals surface area contributed by atoms with Gasteiger partial charge in [0.05, 0.1) is 6.61 Å². The van der Waals surface area contributed by atoms with E-state index < -0.39 is 6.10 Å². The molecule has 0 bridgehead atoms. The van der Waals surface area contributed by atoms with Crippen molar-refractivity contribution >= 4 is 11.9 Å². The summed E-state index contributed by atoms with van der Waals surface area (Å²) < 4.78 is 10.6. The van der Waals surface area contributed by atoms with Crippen LogP contribution in [0.3, 0.4) is 0 Å². The molecular weight excluding hydrogens is 620 g/mol. The molecule has 5 heteroatoms.